The average molecular weight is 410 g/mol. The first-order chi connectivity index (χ1) is 13.5. The summed E-state index contributed by atoms with van der Waals surface area (Å²) in [6, 6.07) is 4.05. The Bertz CT molecular complexity index is 764. The zero-order valence-corrected chi connectivity index (χ0v) is 17.4. The summed E-state index contributed by atoms with van der Waals surface area (Å²) >= 11 is 0. The van der Waals surface area contributed by atoms with Gasteiger partial charge in [0.1, 0.15) is 6.61 Å². The number of hydrogen-bond acceptors (Lipinski definition) is 6. The Kier molecular flexibility index (Phi) is 6.20. The zero-order chi connectivity index (χ0) is 19.6. The van der Waals surface area contributed by atoms with E-state index < -0.39 is 10.0 Å². The molecule has 2 atom stereocenters. The third kappa shape index (κ3) is 4.84. The average Bonchev–Trinajstić information content (AvgIpc) is 2.69. The molecule has 1 aromatic rings. The summed E-state index contributed by atoms with van der Waals surface area (Å²) in [6.07, 6.45) is 9.28. The van der Waals surface area contributed by atoms with Crippen molar-refractivity contribution in [1.29, 1.82) is 0 Å². The van der Waals surface area contributed by atoms with Crippen LogP contribution in [0.2, 0.25) is 0 Å². The molecule has 5 rings (SSSR count). The number of sulfonamides is 1. The van der Waals surface area contributed by atoms with Crippen molar-refractivity contribution in [3.63, 3.8) is 0 Å². The largest absolute Gasteiger partial charge is 0.476 e. The van der Waals surface area contributed by atoms with E-state index in [2.05, 4.69) is 20.7 Å². The number of nitrogens with one attached hydrogen (secondary N) is 1. The Morgan fingerprint density at radius 3 is 2.79 bits per heavy atom. The molecule has 1 aromatic heterocycles. The third-order valence-corrected chi connectivity index (χ3v) is 7.02. The first-order valence-electron chi connectivity index (χ1n) is 10.4. The van der Waals surface area contributed by atoms with E-state index in [1.54, 1.807) is 6.20 Å². The molecule has 1 unspecified atom stereocenters. The van der Waals surface area contributed by atoms with Gasteiger partial charge in [-0.15, -0.1) is 0 Å². The quantitative estimate of drug-likeness (QED) is 0.804. The highest BCUT2D eigenvalue weighted by Crippen LogP contribution is 2.38. The van der Waals surface area contributed by atoms with Crippen LogP contribution in [0.4, 0.5) is 0 Å². The second-order valence-electron chi connectivity index (χ2n) is 8.30. The van der Waals surface area contributed by atoms with Gasteiger partial charge in [0, 0.05) is 30.4 Å². The Balaban J connectivity index is 1.55. The van der Waals surface area contributed by atoms with Gasteiger partial charge in [0.2, 0.25) is 15.9 Å². The highest BCUT2D eigenvalue weighted by Gasteiger charge is 2.35. The number of rotatable bonds is 2. The molecule has 1 aliphatic carbocycles. The van der Waals surface area contributed by atoms with Crippen molar-refractivity contribution in [3.8, 4) is 5.88 Å². The van der Waals surface area contributed by atoms with Crippen LogP contribution in [0, 0.1) is 0 Å². The SMILES string of the molecule is CS(=O)(=O)N[C@H]1CCCN2CCOc3ncccc3C3CCC(CC3)OCC12. The minimum Gasteiger partial charge on any atom is -0.476 e. The molecule has 1 saturated carbocycles. The van der Waals surface area contributed by atoms with Gasteiger partial charge in [0.15, 0.2) is 0 Å². The molecule has 4 heterocycles. The Labute approximate surface area is 167 Å². The van der Waals surface area contributed by atoms with Crippen LogP contribution >= 0.6 is 0 Å². The number of piperidine rings is 1. The van der Waals surface area contributed by atoms with Crippen molar-refractivity contribution in [1.82, 2.24) is 14.6 Å². The molecular weight excluding hydrogens is 378 g/mol. The predicted molar refractivity (Wildman–Crippen MR) is 107 cm³/mol. The molecule has 2 fully saturated rings. The molecule has 0 spiro atoms. The van der Waals surface area contributed by atoms with E-state index in [1.807, 2.05) is 6.07 Å². The fourth-order valence-electron chi connectivity index (χ4n) is 4.91. The van der Waals surface area contributed by atoms with Crippen molar-refractivity contribution in [2.75, 3.05) is 32.6 Å². The summed E-state index contributed by atoms with van der Waals surface area (Å²) in [7, 11) is -3.26. The summed E-state index contributed by atoms with van der Waals surface area (Å²) in [4.78, 5) is 6.81. The Hall–Kier alpha value is -1.22. The van der Waals surface area contributed by atoms with E-state index in [0.29, 0.717) is 19.1 Å². The van der Waals surface area contributed by atoms with E-state index in [-0.39, 0.29) is 18.2 Å². The molecule has 0 amide bonds. The minimum absolute atomic E-state index is 0.0359. The molecule has 3 aliphatic heterocycles. The standard InChI is InChI=1S/C20H31N3O4S/c1-28(24,25)22-18-5-3-11-23-12-13-26-20-17(4-2-10-21-20)15-6-8-16(9-7-15)27-14-19(18)23/h2,4,10,15-16,18-19,22H,3,5-9,11-14H2,1H3/t15?,16?,18-,19?/m0/s1. The lowest BCUT2D eigenvalue weighted by molar-refractivity contribution is -0.0284. The summed E-state index contributed by atoms with van der Waals surface area (Å²) in [5.74, 6) is 1.23. The maximum absolute atomic E-state index is 11.9. The van der Waals surface area contributed by atoms with Crippen LogP contribution in [0.15, 0.2) is 18.3 Å². The minimum atomic E-state index is -3.26. The molecule has 1 N–H and O–H groups in total. The lowest BCUT2D eigenvalue weighted by Crippen LogP contribution is -2.58. The first kappa shape index (κ1) is 20.1. The van der Waals surface area contributed by atoms with Gasteiger partial charge in [0.05, 0.1) is 19.0 Å². The van der Waals surface area contributed by atoms with Gasteiger partial charge >= 0.3 is 0 Å². The number of aromatic nitrogens is 1. The highest BCUT2D eigenvalue weighted by atomic mass is 32.2. The normalized spacial score (nSPS) is 32.2. The van der Waals surface area contributed by atoms with Gasteiger partial charge in [-0.05, 0) is 57.1 Å². The number of fused-ring (bicyclic) bond motifs is 5. The van der Waals surface area contributed by atoms with Crippen LogP contribution in [0.3, 0.4) is 0 Å². The molecule has 7 nitrogen and oxygen atoms in total. The van der Waals surface area contributed by atoms with Crippen LogP contribution < -0.4 is 9.46 Å². The smallest absolute Gasteiger partial charge is 0.216 e. The van der Waals surface area contributed by atoms with Crippen molar-refractivity contribution in [2.24, 2.45) is 0 Å². The molecule has 8 heteroatoms. The number of pyridine rings is 1. The Morgan fingerprint density at radius 2 is 2.00 bits per heavy atom. The van der Waals surface area contributed by atoms with E-state index in [9.17, 15) is 8.42 Å². The van der Waals surface area contributed by atoms with Crippen LogP contribution in [-0.4, -0.2) is 69.0 Å². The maximum atomic E-state index is 11.9. The topological polar surface area (TPSA) is 80.8 Å². The maximum Gasteiger partial charge on any atom is 0.216 e. The summed E-state index contributed by atoms with van der Waals surface area (Å²) in [5, 5.41) is 0. The zero-order valence-electron chi connectivity index (χ0n) is 16.5. The second-order valence-corrected chi connectivity index (χ2v) is 10.1. The van der Waals surface area contributed by atoms with Crippen molar-refractivity contribution in [3.05, 3.63) is 23.9 Å². The fraction of sp³-hybridized carbons (Fsp3) is 0.750. The molecule has 28 heavy (non-hydrogen) atoms. The van der Waals surface area contributed by atoms with Gasteiger partial charge in [-0.3, -0.25) is 4.90 Å². The fourth-order valence-corrected chi connectivity index (χ4v) is 5.73. The number of nitrogens with zero attached hydrogens (tertiary/aromatic N) is 2. The van der Waals surface area contributed by atoms with Gasteiger partial charge in [0.25, 0.3) is 0 Å². The monoisotopic (exact) mass is 409 g/mol. The summed E-state index contributed by atoms with van der Waals surface area (Å²) in [5.41, 5.74) is 1.21. The molecule has 0 radical (unpaired) electrons. The van der Waals surface area contributed by atoms with E-state index in [0.717, 1.165) is 57.5 Å². The van der Waals surface area contributed by atoms with E-state index in [1.165, 1.54) is 11.8 Å². The lowest BCUT2D eigenvalue weighted by Gasteiger charge is -2.41. The van der Waals surface area contributed by atoms with Gasteiger partial charge in [-0.25, -0.2) is 18.1 Å². The van der Waals surface area contributed by atoms with Crippen LogP contribution in [0.1, 0.15) is 50.0 Å². The third-order valence-electron chi connectivity index (χ3n) is 6.29. The molecule has 156 valence electrons. The molecule has 1 saturated heterocycles. The van der Waals surface area contributed by atoms with E-state index >= 15 is 0 Å². The molecule has 4 aliphatic rings. The lowest BCUT2D eigenvalue weighted by atomic mass is 9.83. The summed E-state index contributed by atoms with van der Waals surface area (Å²) in [6.45, 7) is 2.78. The Morgan fingerprint density at radius 1 is 1.18 bits per heavy atom. The second kappa shape index (κ2) is 8.65. The highest BCUT2D eigenvalue weighted by molar-refractivity contribution is 7.88. The van der Waals surface area contributed by atoms with Crippen molar-refractivity contribution >= 4 is 10.0 Å². The summed E-state index contributed by atoms with van der Waals surface area (Å²) < 4.78 is 39.0. The van der Waals surface area contributed by atoms with Gasteiger partial charge in [-0.2, -0.15) is 0 Å². The van der Waals surface area contributed by atoms with Crippen LogP contribution in [-0.2, 0) is 14.8 Å². The van der Waals surface area contributed by atoms with Gasteiger partial charge < -0.3 is 9.47 Å². The van der Waals surface area contributed by atoms with Gasteiger partial charge in [-0.1, -0.05) is 6.07 Å². The molecular formula is C20H31N3O4S. The molecule has 2 bridgehead atoms. The van der Waals surface area contributed by atoms with Crippen LogP contribution in [0.5, 0.6) is 5.88 Å². The van der Waals surface area contributed by atoms with Crippen LogP contribution in [0.25, 0.3) is 0 Å². The number of hydrogen-bond donors (Lipinski definition) is 1. The van der Waals surface area contributed by atoms with Crippen molar-refractivity contribution < 1.29 is 17.9 Å². The van der Waals surface area contributed by atoms with E-state index in [4.69, 9.17) is 9.47 Å². The number of ether oxygens (including phenoxy) is 2. The predicted octanol–water partition coefficient (Wildman–Crippen LogP) is 1.90. The first-order valence-corrected chi connectivity index (χ1v) is 12.3. The van der Waals surface area contributed by atoms with Crippen molar-refractivity contribution in [2.45, 2.75) is 62.6 Å². The molecule has 0 aromatic carbocycles.